The zero-order valence-corrected chi connectivity index (χ0v) is 10.4. The van der Waals surface area contributed by atoms with Crippen LogP contribution in [0.4, 0.5) is 5.69 Å². The Hall–Kier alpha value is -1.22. The van der Waals surface area contributed by atoms with Gasteiger partial charge in [0.25, 0.3) is 0 Å². The molecule has 1 aromatic carbocycles. The molecule has 0 spiro atoms. The van der Waals surface area contributed by atoms with E-state index in [4.69, 9.17) is 9.84 Å². The molecule has 94 valence electrons. The zero-order chi connectivity index (χ0) is 12.1. The summed E-state index contributed by atoms with van der Waals surface area (Å²) >= 11 is 0. The van der Waals surface area contributed by atoms with Crippen LogP contribution >= 0.6 is 0 Å². The standard InChI is InChI=1S/C14H21NO2/c1-2-17-14-8-4-3-7-13(14)15-10-5-6-12(15)9-11-16/h3-4,7-8,12,16H,2,5-6,9-11H2,1H3. The minimum Gasteiger partial charge on any atom is -0.492 e. The van der Waals surface area contributed by atoms with Crippen LogP contribution in [0.2, 0.25) is 0 Å². The summed E-state index contributed by atoms with van der Waals surface area (Å²) in [6.45, 7) is 4.02. The summed E-state index contributed by atoms with van der Waals surface area (Å²) in [5.74, 6) is 0.958. The summed E-state index contributed by atoms with van der Waals surface area (Å²) in [4.78, 5) is 2.38. The number of rotatable bonds is 5. The molecule has 0 aromatic heterocycles. The molecule has 1 aromatic rings. The van der Waals surface area contributed by atoms with Gasteiger partial charge >= 0.3 is 0 Å². The van der Waals surface area contributed by atoms with Crippen molar-refractivity contribution >= 4 is 5.69 Å². The highest BCUT2D eigenvalue weighted by atomic mass is 16.5. The van der Waals surface area contributed by atoms with Crippen molar-refractivity contribution in [3.63, 3.8) is 0 Å². The number of para-hydroxylation sites is 2. The van der Waals surface area contributed by atoms with Crippen LogP contribution in [-0.2, 0) is 0 Å². The van der Waals surface area contributed by atoms with E-state index in [0.717, 1.165) is 18.7 Å². The number of ether oxygens (including phenoxy) is 1. The zero-order valence-electron chi connectivity index (χ0n) is 10.4. The van der Waals surface area contributed by atoms with Crippen molar-refractivity contribution in [3.05, 3.63) is 24.3 Å². The number of nitrogens with zero attached hydrogens (tertiary/aromatic N) is 1. The van der Waals surface area contributed by atoms with E-state index in [1.165, 1.54) is 18.5 Å². The average molecular weight is 235 g/mol. The molecule has 0 radical (unpaired) electrons. The Balaban J connectivity index is 2.20. The van der Waals surface area contributed by atoms with Crippen LogP contribution < -0.4 is 9.64 Å². The summed E-state index contributed by atoms with van der Waals surface area (Å²) in [5.41, 5.74) is 1.17. The van der Waals surface area contributed by atoms with Crippen molar-refractivity contribution in [2.75, 3.05) is 24.7 Å². The Morgan fingerprint density at radius 3 is 3.00 bits per heavy atom. The van der Waals surface area contributed by atoms with Crippen LogP contribution in [0.15, 0.2) is 24.3 Å². The number of aliphatic hydroxyl groups is 1. The van der Waals surface area contributed by atoms with Gasteiger partial charge in [0.1, 0.15) is 5.75 Å². The molecule has 1 unspecified atom stereocenters. The molecule has 1 saturated heterocycles. The summed E-state index contributed by atoms with van der Waals surface area (Å²) < 4.78 is 5.67. The molecule has 1 atom stereocenters. The van der Waals surface area contributed by atoms with Gasteiger partial charge in [-0.2, -0.15) is 0 Å². The van der Waals surface area contributed by atoms with E-state index in [9.17, 15) is 0 Å². The minimum absolute atomic E-state index is 0.262. The molecule has 0 amide bonds. The molecule has 3 heteroatoms. The lowest BCUT2D eigenvalue weighted by Crippen LogP contribution is -2.30. The lowest BCUT2D eigenvalue weighted by Gasteiger charge is -2.28. The largest absolute Gasteiger partial charge is 0.492 e. The lowest BCUT2D eigenvalue weighted by atomic mass is 10.1. The van der Waals surface area contributed by atoms with Gasteiger partial charge in [-0.1, -0.05) is 12.1 Å². The maximum atomic E-state index is 9.11. The third kappa shape index (κ3) is 2.72. The van der Waals surface area contributed by atoms with E-state index in [-0.39, 0.29) is 6.61 Å². The van der Waals surface area contributed by atoms with E-state index in [1.54, 1.807) is 0 Å². The van der Waals surface area contributed by atoms with E-state index in [1.807, 2.05) is 25.1 Å². The first kappa shape index (κ1) is 12.2. The topological polar surface area (TPSA) is 32.7 Å². The number of anilines is 1. The number of aliphatic hydroxyl groups excluding tert-OH is 1. The maximum absolute atomic E-state index is 9.11. The predicted octanol–water partition coefficient (Wildman–Crippen LogP) is 2.44. The fraction of sp³-hybridized carbons (Fsp3) is 0.571. The molecule has 2 rings (SSSR count). The van der Waals surface area contributed by atoms with Gasteiger partial charge in [-0.25, -0.2) is 0 Å². The third-order valence-electron chi connectivity index (χ3n) is 3.31. The summed E-state index contributed by atoms with van der Waals surface area (Å²) in [6.07, 6.45) is 3.21. The fourth-order valence-corrected chi connectivity index (χ4v) is 2.57. The number of hydrogen-bond acceptors (Lipinski definition) is 3. The minimum atomic E-state index is 0.262. The molecule has 17 heavy (non-hydrogen) atoms. The van der Waals surface area contributed by atoms with Crippen LogP contribution in [0.5, 0.6) is 5.75 Å². The highest BCUT2D eigenvalue weighted by Gasteiger charge is 2.25. The van der Waals surface area contributed by atoms with E-state index >= 15 is 0 Å². The Morgan fingerprint density at radius 1 is 1.41 bits per heavy atom. The van der Waals surface area contributed by atoms with E-state index in [0.29, 0.717) is 12.6 Å². The summed E-state index contributed by atoms with van der Waals surface area (Å²) in [5, 5.41) is 9.11. The van der Waals surface area contributed by atoms with Crippen molar-refractivity contribution in [1.29, 1.82) is 0 Å². The molecular formula is C14H21NO2. The second kappa shape index (κ2) is 5.92. The molecule has 1 fully saturated rings. The lowest BCUT2D eigenvalue weighted by molar-refractivity contribution is 0.275. The van der Waals surface area contributed by atoms with Gasteiger partial charge in [0.05, 0.1) is 12.3 Å². The van der Waals surface area contributed by atoms with Crippen molar-refractivity contribution in [2.24, 2.45) is 0 Å². The molecule has 3 nitrogen and oxygen atoms in total. The Kier molecular flexibility index (Phi) is 4.26. The van der Waals surface area contributed by atoms with Crippen LogP contribution in [0.25, 0.3) is 0 Å². The molecule has 0 bridgehead atoms. The normalized spacial score (nSPS) is 19.6. The van der Waals surface area contributed by atoms with Crippen molar-refractivity contribution < 1.29 is 9.84 Å². The Bertz CT molecular complexity index is 354. The fourth-order valence-electron chi connectivity index (χ4n) is 2.57. The molecule has 1 aliphatic heterocycles. The molecule has 1 aliphatic rings. The molecule has 1 N–H and O–H groups in total. The highest BCUT2D eigenvalue weighted by molar-refractivity contribution is 5.59. The average Bonchev–Trinajstić information content (AvgIpc) is 2.79. The second-order valence-corrected chi connectivity index (χ2v) is 4.40. The van der Waals surface area contributed by atoms with Crippen LogP contribution in [0.1, 0.15) is 26.2 Å². The van der Waals surface area contributed by atoms with Gasteiger partial charge in [-0.05, 0) is 38.3 Å². The Labute approximate surface area is 103 Å². The molecule has 0 saturated carbocycles. The van der Waals surface area contributed by atoms with Crippen molar-refractivity contribution in [2.45, 2.75) is 32.2 Å². The smallest absolute Gasteiger partial charge is 0.142 e. The van der Waals surface area contributed by atoms with Crippen molar-refractivity contribution in [3.8, 4) is 5.75 Å². The van der Waals surface area contributed by atoms with Gasteiger partial charge in [-0.15, -0.1) is 0 Å². The summed E-state index contributed by atoms with van der Waals surface area (Å²) in [7, 11) is 0. The van der Waals surface area contributed by atoms with Crippen LogP contribution in [-0.4, -0.2) is 30.9 Å². The van der Waals surface area contributed by atoms with Gasteiger partial charge in [0.15, 0.2) is 0 Å². The van der Waals surface area contributed by atoms with Crippen molar-refractivity contribution in [1.82, 2.24) is 0 Å². The highest BCUT2D eigenvalue weighted by Crippen LogP contribution is 2.34. The summed E-state index contributed by atoms with van der Waals surface area (Å²) in [6, 6.07) is 8.65. The number of benzene rings is 1. The quantitative estimate of drug-likeness (QED) is 0.851. The molecule has 1 heterocycles. The maximum Gasteiger partial charge on any atom is 0.142 e. The van der Waals surface area contributed by atoms with Crippen LogP contribution in [0.3, 0.4) is 0 Å². The third-order valence-corrected chi connectivity index (χ3v) is 3.31. The van der Waals surface area contributed by atoms with Crippen LogP contribution in [0, 0.1) is 0 Å². The van der Waals surface area contributed by atoms with Gasteiger partial charge in [-0.3, -0.25) is 0 Å². The molecular weight excluding hydrogens is 214 g/mol. The monoisotopic (exact) mass is 235 g/mol. The Morgan fingerprint density at radius 2 is 2.24 bits per heavy atom. The molecule has 0 aliphatic carbocycles. The van der Waals surface area contributed by atoms with E-state index in [2.05, 4.69) is 11.0 Å². The van der Waals surface area contributed by atoms with Gasteiger partial charge < -0.3 is 14.7 Å². The van der Waals surface area contributed by atoms with Gasteiger partial charge in [0, 0.05) is 19.2 Å². The van der Waals surface area contributed by atoms with E-state index < -0.39 is 0 Å². The first-order valence-electron chi connectivity index (χ1n) is 6.46. The second-order valence-electron chi connectivity index (χ2n) is 4.40. The number of hydrogen-bond donors (Lipinski definition) is 1. The first-order chi connectivity index (χ1) is 8.36. The van der Waals surface area contributed by atoms with Gasteiger partial charge in [0.2, 0.25) is 0 Å². The SMILES string of the molecule is CCOc1ccccc1N1CCCC1CCO. The first-order valence-corrected chi connectivity index (χ1v) is 6.46. The predicted molar refractivity (Wildman–Crippen MR) is 69.7 cm³/mol.